The van der Waals surface area contributed by atoms with Crippen molar-refractivity contribution in [2.75, 3.05) is 39.3 Å². The van der Waals surface area contributed by atoms with Crippen LogP contribution in [0.5, 0.6) is 0 Å². The molecule has 1 amide bonds. The molecule has 0 aromatic rings. The van der Waals surface area contributed by atoms with Crippen molar-refractivity contribution in [2.45, 2.75) is 169 Å². The normalized spacial score (nSPS) is 45.3. The molecule has 3 aliphatic heterocycles. The second-order valence-electron chi connectivity index (χ2n) is 22.5. The SMILES string of the molecule is CC(=O)O[C@@H]([C@H]1C[C@@H](C)C2[C@H](O1)C(=O)[C@@]1(C)[C@@H]3CC[C@H]4C(C)(C)[C@@H](O[C@H]5CN(CC6CN(C(=O)OC(C)(C)C)C6)CCO5)CC[C@@]45C[C@@]35CC[C@]21C)C(C)(C)O. The molecule has 11 heteroatoms. The number of rotatable bonds is 7. The first-order valence-electron chi connectivity index (χ1n) is 22.0. The van der Waals surface area contributed by atoms with Crippen LogP contribution in [0.4, 0.5) is 4.79 Å². The van der Waals surface area contributed by atoms with Gasteiger partial charge in [0, 0.05) is 56.9 Å². The second-order valence-corrected chi connectivity index (χ2v) is 22.5. The molecule has 8 aliphatic rings. The largest absolute Gasteiger partial charge is 0.457 e. The number of fused-ring (bicyclic) bond motifs is 4. The second kappa shape index (κ2) is 13.4. The van der Waals surface area contributed by atoms with Gasteiger partial charge in [0.25, 0.3) is 0 Å². The molecule has 5 aliphatic carbocycles. The van der Waals surface area contributed by atoms with E-state index in [4.69, 9.17) is 23.7 Å². The Bertz CT molecular complexity index is 1580. The van der Waals surface area contributed by atoms with Gasteiger partial charge in [0.05, 0.1) is 24.4 Å². The van der Waals surface area contributed by atoms with Crippen molar-refractivity contribution in [3.05, 3.63) is 0 Å². The number of esters is 1. The fourth-order valence-corrected chi connectivity index (χ4v) is 14.9. The Balaban J connectivity index is 0.934. The van der Waals surface area contributed by atoms with Gasteiger partial charge in [-0.25, -0.2) is 4.79 Å². The predicted octanol–water partition coefficient (Wildman–Crippen LogP) is 6.62. The van der Waals surface area contributed by atoms with Crippen LogP contribution >= 0.6 is 0 Å². The molecule has 8 fully saturated rings. The number of ether oxygens (including phenoxy) is 5. The van der Waals surface area contributed by atoms with E-state index in [0.29, 0.717) is 30.8 Å². The minimum absolute atomic E-state index is 0.0246. The summed E-state index contributed by atoms with van der Waals surface area (Å²) in [5.74, 6) is 1.37. The van der Waals surface area contributed by atoms with E-state index in [0.717, 1.165) is 64.8 Å². The van der Waals surface area contributed by atoms with Crippen LogP contribution in [-0.2, 0) is 33.3 Å². The Morgan fingerprint density at radius 3 is 2.30 bits per heavy atom. The molecule has 0 aromatic heterocycles. The maximum absolute atomic E-state index is 15.1. The van der Waals surface area contributed by atoms with Crippen molar-refractivity contribution in [3.8, 4) is 0 Å². The van der Waals surface area contributed by atoms with E-state index < -0.39 is 40.9 Å². The van der Waals surface area contributed by atoms with Crippen molar-refractivity contribution in [3.63, 3.8) is 0 Å². The third-order valence-corrected chi connectivity index (χ3v) is 17.4. The Morgan fingerprint density at radius 1 is 0.964 bits per heavy atom. The molecule has 1 N–H and O–H groups in total. The summed E-state index contributed by atoms with van der Waals surface area (Å²) in [6.07, 6.45) is 6.06. The summed E-state index contributed by atoms with van der Waals surface area (Å²) < 4.78 is 31.3. The number of ketones is 1. The lowest BCUT2D eigenvalue weighted by Gasteiger charge is -2.62. The first-order valence-corrected chi connectivity index (χ1v) is 22.0. The molecule has 0 aromatic carbocycles. The lowest BCUT2D eigenvalue weighted by molar-refractivity contribution is -0.248. The Hall–Kier alpha value is -1.79. The predicted molar refractivity (Wildman–Crippen MR) is 209 cm³/mol. The van der Waals surface area contributed by atoms with Gasteiger partial charge in [-0.1, -0.05) is 34.6 Å². The Labute approximate surface area is 335 Å². The molecule has 56 heavy (non-hydrogen) atoms. The molecule has 5 saturated carbocycles. The molecule has 11 nitrogen and oxygen atoms in total. The molecule has 316 valence electrons. The van der Waals surface area contributed by atoms with Gasteiger partial charge in [0.1, 0.15) is 11.7 Å². The zero-order chi connectivity index (χ0) is 40.6. The fraction of sp³-hybridized carbons (Fsp3) is 0.933. The van der Waals surface area contributed by atoms with Crippen LogP contribution in [-0.4, -0.2) is 114 Å². The van der Waals surface area contributed by atoms with Gasteiger partial charge in [-0.3, -0.25) is 14.5 Å². The van der Waals surface area contributed by atoms with E-state index in [9.17, 15) is 14.7 Å². The summed E-state index contributed by atoms with van der Waals surface area (Å²) in [5, 5.41) is 11.1. The summed E-state index contributed by atoms with van der Waals surface area (Å²) in [5.41, 5.74) is -2.07. The van der Waals surface area contributed by atoms with Crippen LogP contribution in [0, 0.1) is 56.7 Å². The van der Waals surface area contributed by atoms with Crippen molar-refractivity contribution < 1.29 is 43.2 Å². The number of Topliss-reactive ketones (excluding diaryl/α,β-unsaturated/α-hetero) is 1. The van der Waals surface area contributed by atoms with E-state index >= 15 is 4.79 Å². The highest BCUT2D eigenvalue weighted by Gasteiger charge is 2.85. The number of morpholine rings is 1. The van der Waals surface area contributed by atoms with Crippen molar-refractivity contribution in [1.29, 1.82) is 0 Å². The number of hydrogen-bond donors (Lipinski definition) is 1. The average Bonchev–Trinajstić information content (AvgIpc) is 3.70. The molecular weight excluding hydrogens is 712 g/mol. The molecule has 8 rings (SSSR count). The molecule has 0 bridgehead atoms. The van der Waals surface area contributed by atoms with E-state index in [1.54, 1.807) is 18.7 Å². The zero-order valence-corrected chi connectivity index (χ0v) is 36.3. The topological polar surface area (TPSA) is 124 Å². The van der Waals surface area contributed by atoms with Crippen LogP contribution in [0.15, 0.2) is 0 Å². The van der Waals surface area contributed by atoms with Crippen LogP contribution in [0.3, 0.4) is 0 Å². The number of carbonyl (C=O) groups excluding carboxylic acids is 3. The summed E-state index contributed by atoms with van der Waals surface area (Å²) in [6, 6.07) is 0. The van der Waals surface area contributed by atoms with Gasteiger partial charge < -0.3 is 33.7 Å². The van der Waals surface area contributed by atoms with Crippen LogP contribution < -0.4 is 0 Å². The van der Waals surface area contributed by atoms with Crippen molar-refractivity contribution in [2.24, 2.45) is 56.7 Å². The quantitative estimate of drug-likeness (QED) is 0.282. The summed E-state index contributed by atoms with van der Waals surface area (Å²) in [4.78, 5) is 44.0. The molecule has 3 saturated heterocycles. The maximum atomic E-state index is 15.1. The first kappa shape index (κ1) is 41.0. The molecule has 2 spiro atoms. The van der Waals surface area contributed by atoms with Gasteiger partial charge in [-0.05, 0) is 125 Å². The third-order valence-electron chi connectivity index (χ3n) is 17.4. The van der Waals surface area contributed by atoms with Gasteiger partial charge in [-0.2, -0.15) is 0 Å². The number of nitrogens with zero attached hydrogens (tertiary/aromatic N) is 2. The van der Waals surface area contributed by atoms with E-state index in [1.165, 1.54) is 19.8 Å². The highest BCUT2D eigenvalue weighted by atomic mass is 16.7. The number of aliphatic hydroxyl groups is 1. The fourth-order valence-electron chi connectivity index (χ4n) is 14.9. The Morgan fingerprint density at radius 2 is 1.64 bits per heavy atom. The number of amides is 1. The van der Waals surface area contributed by atoms with Gasteiger partial charge in [-0.15, -0.1) is 0 Å². The monoisotopic (exact) mass is 785 g/mol. The highest BCUT2D eigenvalue weighted by Crippen LogP contribution is 2.89. The minimum atomic E-state index is -1.30. The molecule has 3 heterocycles. The average molecular weight is 785 g/mol. The van der Waals surface area contributed by atoms with E-state index in [2.05, 4.69) is 39.5 Å². The standard InChI is InChI=1S/C45H72N2O9/c1-26-20-29(37(41(8,9)51)53-27(2)48)54-35-34(26)42(10)16-17-45-25-44(45)15-14-32(40(6,7)30(44)12-13-31(45)43(42,11)36(35)49)55-33-24-46(18-19-52-33)21-28-22-47(23-28)38(50)56-39(3,4)5/h26,28-35,37,51H,12-25H2,1-11H3/t26-,29-,30+,31+,32+,33+,34?,35+,37+,42-,43-,44-,45+/m1/s1. The van der Waals surface area contributed by atoms with E-state index in [-0.39, 0.29) is 57.8 Å². The molecule has 13 atom stereocenters. The lowest BCUT2D eigenvalue weighted by Crippen LogP contribution is -2.60. The van der Waals surface area contributed by atoms with Crippen LogP contribution in [0.1, 0.15) is 128 Å². The van der Waals surface area contributed by atoms with Crippen molar-refractivity contribution >= 4 is 17.8 Å². The number of hydrogen-bond acceptors (Lipinski definition) is 10. The van der Waals surface area contributed by atoms with Gasteiger partial charge in [0.2, 0.25) is 0 Å². The van der Waals surface area contributed by atoms with Crippen molar-refractivity contribution in [1.82, 2.24) is 9.80 Å². The summed E-state index contributed by atoms with van der Waals surface area (Å²) in [7, 11) is 0. The summed E-state index contributed by atoms with van der Waals surface area (Å²) in [6.45, 7) is 26.9. The third kappa shape index (κ3) is 6.15. The highest BCUT2D eigenvalue weighted by molar-refractivity contribution is 5.93. The van der Waals surface area contributed by atoms with Gasteiger partial charge in [0.15, 0.2) is 18.2 Å². The molecule has 0 radical (unpaired) electrons. The molecular formula is C45H72N2O9. The first-order chi connectivity index (χ1) is 26.0. The summed E-state index contributed by atoms with van der Waals surface area (Å²) >= 11 is 0. The maximum Gasteiger partial charge on any atom is 0.410 e. The van der Waals surface area contributed by atoms with Crippen LogP contribution in [0.25, 0.3) is 0 Å². The number of carbonyl (C=O) groups is 3. The van der Waals surface area contributed by atoms with E-state index in [1.807, 2.05) is 20.8 Å². The minimum Gasteiger partial charge on any atom is -0.457 e. The van der Waals surface area contributed by atoms with Crippen LogP contribution in [0.2, 0.25) is 0 Å². The van der Waals surface area contributed by atoms with Gasteiger partial charge >= 0.3 is 12.1 Å². The molecule has 1 unspecified atom stereocenters. The smallest absolute Gasteiger partial charge is 0.410 e. The Kier molecular flexibility index (Phi) is 9.77. The number of likely N-dealkylation sites (tertiary alicyclic amines) is 1. The lowest BCUT2D eigenvalue weighted by atomic mass is 9.41. The zero-order valence-electron chi connectivity index (χ0n) is 36.3.